The van der Waals surface area contributed by atoms with Crippen molar-refractivity contribution in [2.75, 3.05) is 6.61 Å². The van der Waals surface area contributed by atoms with Crippen LogP contribution in [0.25, 0.3) is 21.9 Å². The van der Waals surface area contributed by atoms with Crippen LogP contribution in [0.15, 0.2) is 47.0 Å². The Balaban J connectivity index is 2.27. The van der Waals surface area contributed by atoms with Gasteiger partial charge < -0.3 is 9.26 Å². The zero-order chi connectivity index (χ0) is 13.2. The second-order valence-electron chi connectivity index (χ2n) is 4.38. The standard InChI is InChI=1S/C16H15NO2/c1-3-18-16-15(11(2)19-17-16)14-10-6-8-12-7-4-5-9-13(12)14/h4-10H,3H2,1-2H3. The second kappa shape index (κ2) is 4.76. The summed E-state index contributed by atoms with van der Waals surface area (Å²) < 4.78 is 10.8. The van der Waals surface area contributed by atoms with Crippen molar-refractivity contribution >= 4 is 10.8 Å². The van der Waals surface area contributed by atoms with Crippen LogP contribution in [-0.4, -0.2) is 11.8 Å². The van der Waals surface area contributed by atoms with Gasteiger partial charge in [-0.2, -0.15) is 0 Å². The molecule has 1 heterocycles. The summed E-state index contributed by atoms with van der Waals surface area (Å²) in [6, 6.07) is 14.5. The van der Waals surface area contributed by atoms with E-state index in [1.807, 2.05) is 32.0 Å². The van der Waals surface area contributed by atoms with Crippen molar-refractivity contribution in [3.63, 3.8) is 0 Å². The van der Waals surface area contributed by atoms with Gasteiger partial charge in [0.1, 0.15) is 5.76 Å². The van der Waals surface area contributed by atoms with Crippen molar-refractivity contribution < 1.29 is 9.26 Å². The van der Waals surface area contributed by atoms with Crippen LogP contribution >= 0.6 is 0 Å². The van der Waals surface area contributed by atoms with Gasteiger partial charge in [0.2, 0.25) is 0 Å². The number of nitrogens with zero attached hydrogens (tertiary/aromatic N) is 1. The Morgan fingerprint density at radius 3 is 2.74 bits per heavy atom. The molecular formula is C16H15NO2. The Morgan fingerprint density at radius 1 is 1.11 bits per heavy atom. The molecule has 1 aromatic heterocycles. The molecule has 3 nitrogen and oxygen atoms in total. The lowest BCUT2D eigenvalue weighted by molar-refractivity contribution is 0.292. The van der Waals surface area contributed by atoms with Crippen LogP contribution in [0, 0.1) is 6.92 Å². The predicted molar refractivity (Wildman–Crippen MR) is 75.4 cm³/mol. The second-order valence-corrected chi connectivity index (χ2v) is 4.38. The normalized spacial score (nSPS) is 10.8. The molecule has 0 aliphatic carbocycles. The van der Waals surface area contributed by atoms with E-state index < -0.39 is 0 Å². The van der Waals surface area contributed by atoms with Gasteiger partial charge in [-0.3, -0.25) is 0 Å². The number of benzene rings is 2. The maximum atomic E-state index is 5.56. The first kappa shape index (κ1) is 11.8. The van der Waals surface area contributed by atoms with Crippen molar-refractivity contribution in [1.29, 1.82) is 0 Å². The van der Waals surface area contributed by atoms with E-state index >= 15 is 0 Å². The topological polar surface area (TPSA) is 35.3 Å². The third-order valence-electron chi connectivity index (χ3n) is 3.17. The maximum Gasteiger partial charge on any atom is 0.262 e. The highest BCUT2D eigenvalue weighted by atomic mass is 16.5. The van der Waals surface area contributed by atoms with E-state index in [0.717, 1.165) is 16.9 Å². The van der Waals surface area contributed by atoms with Gasteiger partial charge in [-0.25, -0.2) is 0 Å². The summed E-state index contributed by atoms with van der Waals surface area (Å²) in [6.07, 6.45) is 0. The Bertz CT molecular complexity index is 710. The van der Waals surface area contributed by atoms with Gasteiger partial charge in [0.05, 0.1) is 12.2 Å². The Labute approximate surface area is 111 Å². The molecule has 19 heavy (non-hydrogen) atoms. The van der Waals surface area contributed by atoms with Gasteiger partial charge in [-0.15, -0.1) is 0 Å². The number of hydrogen-bond acceptors (Lipinski definition) is 3. The molecule has 0 radical (unpaired) electrons. The third kappa shape index (κ3) is 1.97. The molecule has 96 valence electrons. The first-order valence-electron chi connectivity index (χ1n) is 6.38. The molecule has 0 N–H and O–H groups in total. The van der Waals surface area contributed by atoms with Crippen LogP contribution < -0.4 is 4.74 Å². The van der Waals surface area contributed by atoms with Crippen molar-refractivity contribution in [1.82, 2.24) is 5.16 Å². The van der Waals surface area contributed by atoms with E-state index in [1.165, 1.54) is 10.8 Å². The number of ether oxygens (including phenoxy) is 1. The SMILES string of the molecule is CCOc1noc(C)c1-c1cccc2ccccc12. The van der Waals surface area contributed by atoms with Crippen LogP contribution in [0.4, 0.5) is 0 Å². The molecule has 0 aliphatic rings. The minimum atomic E-state index is 0.566. The average molecular weight is 253 g/mol. The Morgan fingerprint density at radius 2 is 1.89 bits per heavy atom. The molecule has 0 unspecified atom stereocenters. The van der Waals surface area contributed by atoms with Crippen LogP contribution in [-0.2, 0) is 0 Å². The van der Waals surface area contributed by atoms with Crippen LogP contribution in [0.1, 0.15) is 12.7 Å². The number of hydrogen-bond donors (Lipinski definition) is 0. The summed E-state index contributed by atoms with van der Waals surface area (Å²) in [5.41, 5.74) is 2.04. The van der Waals surface area contributed by atoms with Crippen molar-refractivity contribution in [2.24, 2.45) is 0 Å². The van der Waals surface area contributed by atoms with Gasteiger partial charge >= 0.3 is 0 Å². The molecule has 0 amide bonds. The minimum Gasteiger partial charge on any atom is -0.475 e. The van der Waals surface area contributed by atoms with Gasteiger partial charge in [0.15, 0.2) is 0 Å². The Hall–Kier alpha value is -2.29. The fourth-order valence-corrected chi connectivity index (χ4v) is 2.34. The summed E-state index contributed by atoms with van der Waals surface area (Å²) in [4.78, 5) is 0. The molecule has 3 heteroatoms. The lowest BCUT2D eigenvalue weighted by Gasteiger charge is -2.07. The first-order valence-corrected chi connectivity index (χ1v) is 6.38. The highest BCUT2D eigenvalue weighted by molar-refractivity contribution is 5.98. The van der Waals surface area contributed by atoms with Crippen LogP contribution in [0.5, 0.6) is 5.88 Å². The fourth-order valence-electron chi connectivity index (χ4n) is 2.34. The van der Waals surface area contributed by atoms with E-state index in [-0.39, 0.29) is 0 Å². The monoisotopic (exact) mass is 253 g/mol. The highest BCUT2D eigenvalue weighted by Crippen LogP contribution is 2.36. The summed E-state index contributed by atoms with van der Waals surface area (Å²) in [7, 11) is 0. The van der Waals surface area contributed by atoms with Crippen LogP contribution in [0.2, 0.25) is 0 Å². The maximum absolute atomic E-state index is 5.56. The smallest absolute Gasteiger partial charge is 0.262 e. The minimum absolute atomic E-state index is 0.566. The number of fused-ring (bicyclic) bond motifs is 1. The van der Waals surface area contributed by atoms with Gasteiger partial charge in [-0.1, -0.05) is 42.5 Å². The molecule has 0 spiro atoms. The first-order chi connectivity index (χ1) is 9.31. The van der Waals surface area contributed by atoms with E-state index in [2.05, 4.69) is 29.4 Å². The molecule has 0 fully saturated rings. The zero-order valence-electron chi connectivity index (χ0n) is 11.0. The van der Waals surface area contributed by atoms with Gasteiger partial charge in [0.25, 0.3) is 5.88 Å². The Kier molecular flexibility index (Phi) is 2.95. The number of rotatable bonds is 3. The number of aromatic nitrogens is 1. The van der Waals surface area contributed by atoms with Gasteiger partial charge in [0, 0.05) is 0 Å². The molecule has 0 aliphatic heterocycles. The van der Waals surface area contributed by atoms with E-state index in [0.29, 0.717) is 12.5 Å². The lowest BCUT2D eigenvalue weighted by Crippen LogP contribution is -1.93. The molecule has 3 rings (SSSR count). The molecule has 0 saturated carbocycles. The quantitative estimate of drug-likeness (QED) is 0.701. The third-order valence-corrected chi connectivity index (χ3v) is 3.17. The lowest BCUT2D eigenvalue weighted by atomic mass is 9.99. The highest BCUT2D eigenvalue weighted by Gasteiger charge is 2.17. The van der Waals surface area contributed by atoms with E-state index in [1.54, 1.807) is 0 Å². The molecular weight excluding hydrogens is 238 g/mol. The molecule has 0 saturated heterocycles. The van der Waals surface area contributed by atoms with E-state index in [4.69, 9.17) is 9.26 Å². The molecule has 3 aromatic rings. The fraction of sp³-hybridized carbons (Fsp3) is 0.188. The molecule has 0 bridgehead atoms. The summed E-state index contributed by atoms with van der Waals surface area (Å²) in [5, 5.41) is 6.37. The molecule has 2 aromatic carbocycles. The summed E-state index contributed by atoms with van der Waals surface area (Å²) in [6.45, 7) is 4.42. The van der Waals surface area contributed by atoms with Gasteiger partial charge in [-0.05, 0) is 35.3 Å². The van der Waals surface area contributed by atoms with Crippen molar-refractivity contribution in [2.45, 2.75) is 13.8 Å². The summed E-state index contributed by atoms with van der Waals surface area (Å²) >= 11 is 0. The van der Waals surface area contributed by atoms with E-state index in [9.17, 15) is 0 Å². The summed E-state index contributed by atoms with van der Waals surface area (Å²) in [5.74, 6) is 1.34. The molecule has 0 atom stereocenters. The largest absolute Gasteiger partial charge is 0.475 e. The number of aryl methyl sites for hydroxylation is 1. The van der Waals surface area contributed by atoms with Crippen LogP contribution in [0.3, 0.4) is 0 Å². The van der Waals surface area contributed by atoms with Crippen molar-refractivity contribution in [3.8, 4) is 17.0 Å². The van der Waals surface area contributed by atoms with Crippen molar-refractivity contribution in [3.05, 3.63) is 48.2 Å². The average Bonchev–Trinajstić information content (AvgIpc) is 2.80. The zero-order valence-corrected chi connectivity index (χ0v) is 11.0. The predicted octanol–water partition coefficient (Wildman–Crippen LogP) is 4.20.